The monoisotopic (exact) mass is 268 g/mol. The largest absolute Gasteiger partial charge is 0.486 e. The maximum atomic E-state index is 5.99. The molecule has 0 radical (unpaired) electrons. The molecule has 0 bridgehead atoms. The number of anilines is 1. The number of aromatic nitrogens is 3. The summed E-state index contributed by atoms with van der Waals surface area (Å²) in [4.78, 5) is 0. The number of rotatable bonds is 3. The molecule has 2 aromatic heterocycles. The van der Waals surface area contributed by atoms with E-state index in [0.717, 1.165) is 17.1 Å². The second kappa shape index (κ2) is 4.85. The van der Waals surface area contributed by atoms with Gasteiger partial charge in [-0.15, -0.1) is 10.2 Å². The molecule has 0 fully saturated rings. The van der Waals surface area contributed by atoms with Crippen molar-refractivity contribution in [1.29, 1.82) is 0 Å². The molecule has 0 amide bonds. The normalized spacial score (nSPS) is 10.9. The Labute approximate surface area is 117 Å². The number of benzene rings is 1. The van der Waals surface area contributed by atoms with Gasteiger partial charge in [-0.05, 0) is 37.6 Å². The topological polar surface area (TPSA) is 65.4 Å². The lowest BCUT2D eigenvalue weighted by molar-refractivity contribution is 0.294. The second-order valence-electron chi connectivity index (χ2n) is 4.82. The zero-order valence-electron chi connectivity index (χ0n) is 11.5. The number of fused-ring (bicyclic) bond motifs is 1. The number of hydrogen-bond acceptors (Lipinski definition) is 4. The molecule has 5 nitrogen and oxygen atoms in total. The highest BCUT2D eigenvalue weighted by molar-refractivity contribution is 5.68. The zero-order valence-corrected chi connectivity index (χ0v) is 11.5. The summed E-state index contributed by atoms with van der Waals surface area (Å²) in [5, 5.41) is 8.25. The van der Waals surface area contributed by atoms with Crippen molar-refractivity contribution < 1.29 is 4.74 Å². The van der Waals surface area contributed by atoms with E-state index in [9.17, 15) is 0 Å². The lowest BCUT2D eigenvalue weighted by Gasteiger charge is -2.06. The van der Waals surface area contributed by atoms with Crippen LogP contribution in [0.15, 0.2) is 36.5 Å². The lowest BCUT2D eigenvalue weighted by atomic mass is 10.2. The number of nitrogen functional groups attached to an aromatic ring is 1. The van der Waals surface area contributed by atoms with Crippen LogP contribution < -0.4 is 10.5 Å². The summed E-state index contributed by atoms with van der Waals surface area (Å²) in [6.45, 7) is 4.35. The van der Waals surface area contributed by atoms with Crippen LogP contribution in [0.5, 0.6) is 5.75 Å². The highest BCUT2D eigenvalue weighted by Gasteiger charge is 2.09. The van der Waals surface area contributed by atoms with Gasteiger partial charge < -0.3 is 10.5 Å². The molecule has 0 atom stereocenters. The maximum absolute atomic E-state index is 5.99. The summed E-state index contributed by atoms with van der Waals surface area (Å²) in [6.07, 6.45) is 1.91. The first kappa shape index (κ1) is 12.5. The van der Waals surface area contributed by atoms with Gasteiger partial charge in [0.1, 0.15) is 12.4 Å². The Morgan fingerprint density at radius 1 is 1.10 bits per heavy atom. The number of aryl methyl sites for hydroxylation is 2. The van der Waals surface area contributed by atoms with Crippen LogP contribution in [0.4, 0.5) is 5.69 Å². The molecule has 0 aliphatic rings. The molecular weight excluding hydrogens is 252 g/mol. The summed E-state index contributed by atoms with van der Waals surface area (Å²) in [7, 11) is 0. The van der Waals surface area contributed by atoms with Gasteiger partial charge in [0.2, 0.25) is 0 Å². The molecule has 3 rings (SSSR count). The van der Waals surface area contributed by atoms with Crippen LogP contribution in [0.3, 0.4) is 0 Å². The molecule has 20 heavy (non-hydrogen) atoms. The number of nitrogens with two attached hydrogens (primary N) is 1. The molecule has 102 valence electrons. The van der Waals surface area contributed by atoms with Crippen LogP contribution >= 0.6 is 0 Å². The number of hydrogen-bond donors (Lipinski definition) is 1. The minimum Gasteiger partial charge on any atom is -0.486 e. The van der Waals surface area contributed by atoms with Crippen LogP contribution in [0.25, 0.3) is 5.65 Å². The highest BCUT2D eigenvalue weighted by Crippen LogP contribution is 2.18. The third-order valence-electron chi connectivity index (χ3n) is 3.29. The summed E-state index contributed by atoms with van der Waals surface area (Å²) in [5.41, 5.74) is 9.52. The van der Waals surface area contributed by atoms with E-state index in [1.165, 1.54) is 5.56 Å². The predicted molar refractivity (Wildman–Crippen MR) is 77.6 cm³/mol. The fraction of sp³-hybridized carbons (Fsp3) is 0.200. The molecule has 0 spiro atoms. The Morgan fingerprint density at radius 3 is 2.60 bits per heavy atom. The molecule has 5 heteroatoms. The summed E-state index contributed by atoms with van der Waals surface area (Å²) in [5.74, 6) is 1.54. The van der Waals surface area contributed by atoms with Crippen molar-refractivity contribution in [2.45, 2.75) is 20.5 Å². The molecule has 2 heterocycles. The Balaban J connectivity index is 1.85. The second-order valence-corrected chi connectivity index (χ2v) is 4.82. The van der Waals surface area contributed by atoms with Crippen molar-refractivity contribution in [1.82, 2.24) is 14.6 Å². The predicted octanol–water partition coefficient (Wildman–Crippen LogP) is 2.51. The Morgan fingerprint density at radius 2 is 1.85 bits per heavy atom. The van der Waals surface area contributed by atoms with E-state index in [1.807, 2.05) is 54.8 Å². The number of pyridine rings is 1. The van der Waals surface area contributed by atoms with Crippen LogP contribution in [0, 0.1) is 13.8 Å². The van der Waals surface area contributed by atoms with Gasteiger partial charge in [-0.1, -0.05) is 17.7 Å². The molecule has 0 saturated heterocycles. The smallest absolute Gasteiger partial charge is 0.184 e. The van der Waals surface area contributed by atoms with E-state index in [1.54, 1.807) is 0 Å². The molecule has 2 N–H and O–H groups in total. The fourth-order valence-corrected chi connectivity index (χ4v) is 2.00. The van der Waals surface area contributed by atoms with Crippen LogP contribution in [-0.4, -0.2) is 14.6 Å². The van der Waals surface area contributed by atoms with Crippen molar-refractivity contribution in [3.63, 3.8) is 0 Å². The zero-order chi connectivity index (χ0) is 14.1. The van der Waals surface area contributed by atoms with E-state index in [2.05, 4.69) is 10.2 Å². The molecule has 3 aromatic rings. The minimum absolute atomic E-state index is 0.354. The SMILES string of the molecule is Cc1ccc(OCc2nnc3c(N)c(C)ccn23)cc1. The average Bonchev–Trinajstić information content (AvgIpc) is 2.86. The Bertz CT molecular complexity index is 746. The van der Waals surface area contributed by atoms with E-state index < -0.39 is 0 Å². The van der Waals surface area contributed by atoms with Crippen LogP contribution in [0.2, 0.25) is 0 Å². The van der Waals surface area contributed by atoms with Crippen LogP contribution in [-0.2, 0) is 6.61 Å². The molecule has 1 aromatic carbocycles. The van der Waals surface area contributed by atoms with Gasteiger partial charge in [0.05, 0.1) is 5.69 Å². The quantitative estimate of drug-likeness (QED) is 0.792. The molecular formula is C15H16N4O. The number of ether oxygens (including phenoxy) is 1. The van der Waals surface area contributed by atoms with Crippen LogP contribution in [0.1, 0.15) is 17.0 Å². The first-order valence-corrected chi connectivity index (χ1v) is 6.43. The summed E-state index contributed by atoms with van der Waals surface area (Å²) in [6, 6.07) is 9.85. The average molecular weight is 268 g/mol. The van der Waals surface area contributed by atoms with Gasteiger partial charge in [0.15, 0.2) is 11.5 Å². The Hall–Kier alpha value is -2.56. The van der Waals surface area contributed by atoms with Gasteiger partial charge >= 0.3 is 0 Å². The first-order valence-electron chi connectivity index (χ1n) is 6.43. The first-order chi connectivity index (χ1) is 9.65. The van der Waals surface area contributed by atoms with Gasteiger partial charge in [-0.2, -0.15) is 0 Å². The standard InChI is InChI=1S/C15H16N4O/c1-10-3-5-12(6-4-10)20-9-13-17-18-15-14(16)11(2)7-8-19(13)15/h3-8H,9,16H2,1-2H3. The minimum atomic E-state index is 0.354. The van der Waals surface area contributed by atoms with Gasteiger partial charge in [0, 0.05) is 6.20 Å². The third kappa shape index (κ3) is 2.18. The summed E-state index contributed by atoms with van der Waals surface area (Å²) < 4.78 is 7.58. The van der Waals surface area contributed by atoms with Crippen molar-refractivity contribution in [2.24, 2.45) is 0 Å². The van der Waals surface area contributed by atoms with Crippen molar-refractivity contribution in [3.05, 3.63) is 53.5 Å². The fourth-order valence-electron chi connectivity index (χ4n) is 2.00. The molecule has 0 aliphatic heterocycles. The van der Waals surface area contributed by atoms with Crippen molar-refractivity contribution in [2.75, 3.05) is 5.73 Å². The van der Waals surface area contributed by atoms with E-state index in [4.69, 9.17) is 10.5 Å². The molecule has 0 aliphatic carbocycles. The van der Waals surface area contributed by atoms with Crippen molar-refractivity contribution in [3.8, 4) is 5.75 Å². The number of nitrogens with zero attached hydrogens (tertiary/aromatic N) is 3. The van der Waals surface area contributed by atoms with Gasteiger partial charge in [-0.25, -0.2) is 0 Å². The molecule has 0 unspecified atom stereocenters. The van der Waals surface area contributed by atoms with E-state index >= 15 is 0 Å². The third-order valence-corrected chi connectivity index (χ3v) is 3.29. The van der Waals surface area contributed by atoms with Gasteiger partial charge in [-0.3, -0.25) is 4.40 Å². The Kier molecular flexibility index (Phi) is 3.02. The van der Waals surface area contributed by atoms with Crippen molar-refractivity contribution >= 4 is 11.3 Å². The van der Waals surface area contributed by atoms with E-state index in [0.29, 0.717) is 17.9 Å². The lowest BCUT2D eigenvalue weighted by Crippen LogP contribution is -2.02. The van der Waals surface area contributed by atoms with Gasteiger partial charge in [0.25, 0.3) is 0 Å². The molecule has 0 saturated carbocycles. The maximum Gasteiger partial charge on any atom is 0.184 e. The summed E-state index contributed by atoms with van der Waals surface area (Å²) >= 11 is 0. The highest BCUT2D eigenvalue weighted by atomic mass is 16.5. The van der Waals surface area contributed by atoms with E-state index in [-0.39, 0.29) is 0 Å².